The van der Waals surface area contributed by atoms with Crippen LogP contribution in [-0.2, 0) is 18.0 Å². The molecule has 3 amide bonds. The molecule has 18 heteroatoms. The Hall–Kier alpha value is -5.00. The number of nitrogens with one attached hydrogen (secondary N) is 1. The molecule has 0 saturated carbocycles. The number of likely N-dealkylation sites (N-methyl/N-ethyl adjacent to an activating group) is 1. The maximum atomic E-state index is 14.0. The first-order valence-electron chi connectivity index (χ1n) is 16.1. The number of aliphatic hydroxyl groups is 1. The van der Waals surface area contributed by atoms with Gasteiger partial charge in [0, 0.05) is 51.5 Å². The van der Waals surface area contributed by atoms with E-state index in [1.807, 2.05) is 14.1 Å². The number of benzene rings is 1. The zero-order chi connectivity index (χ0) is 36.8. The molecule has 0 spiro atoms. The third-order valence-corrected chi connectivity index (χ3v) is 9.61. The Balaban J connectivity index is 1.11. The van der Waals surface area contributed by atoms with Crippen LogP contribution < -0.4 is 11.1 Å². The molecule has 6 rings (SSSR count). The first-order chi connectivity index (χ1) is 24.0. The van der Waals surface area contributed by atoms with Gasteiger partial charge in [-0.2, -0.15) is 18.3 Å². The predicted molar refractivity (Wildman–Crippen MR) is 181 cm³/mol. The summed E-state index contributed by atoms with van der Waals surface area (Å²) in [5, 5.41) is 17.0. The number of alkyl halides is 3. The number of nitrogens with two attached hydrogens (primary N) is 1. The number of amides is 3. The van der Waals surface area contributed by atoms with E-state index in [4.69, 9.17) is 17.3 Å². The van der Waals surface area contributed by atoms with Crippen LogP contribution in [0.25, 0.3) is 17.1 Å². The number of aromatic nitrogens is 5. The fourth-order valence-electron chi connectivity index (χ4n) is 6.47. The maximum absolute atomic E-state index is 14.0. The molecule has 3 aromatic heterocycles. The van der Waals surface area contributed by atoms with Crippen LogP contribution >= 0.6 is 11.6 Å². The molecule has 5 heterocycles. The second kappa shape index (κ2) is 13.6. The van der Waals surface area contributed by atoms with Gasteiger partial charge in [0.15, 0.2) is 17.3 Å². The maximum Gasteiger partial charge on any atom is 0.435 e. The van der Waals surface area contributed by atoms with Gasteiger partial charge in [-0.05, 0) is 30.3 Å². The van der Waals surface area contributed by atoms with Gasteiger partial charge in [-0.25, -0.2) is 14.6 Å². The van der Waals surface area contributed by atoms with Crippen molar-refractivity contribution in [2.24, 2.45) is 13.0 Å². The van der Waals surface area contributed by atoms with Crippen molar-refractivity contribution in [1.29, 1.82) is 0 Å². The fraction of sp³-hybridized carbons (Fsp3) is 0.394. The second-order valence-corrected chi connectivity index (χ2v) is 13.8. The molecule has 51 heavy (non-hydrogen) atoms. The molecule has 270 valence electrons. The van der Waals surface area contributed by atoms with Crippen LogP contribution in [0.4, 0.5) is 24.5 Å². The second-order valence-electron chi connectivity index (χ2n) is 13.4. The molecule has 14 nitrogen and oxygen atoms in total. The van der Waals surface area contributed by atoms with Crippen LogP contribution in [0.3, 0.4) is 0 Å². The average molecular weight is 730 g/mol. The molecule has 2 aliphatic heterocycles. The van der Waals surface area contributed by atoms with E-state index in [0.29, 0.717) is 36.2 Å². The number of pyridine rings is 1. The first-order valence-corrected chi connectivity index (χ1v) is 16.5. The van der Waals surface area contributed by atoms with Crippen LogP contribution in [0, 0.1) is 5.92 Å². The minimum absolute atomic E-state index is 0.0203. The standard InChI is InChI=1S/C33H36ClF3N10O4/c1-43-25(23-17-46(42-28(23)33(35,36)37)27-7-4-19(38)15-39-27)16-40-29(43)30(49)41-20-5-6-21(24(34)14-20)31(50)44-9-11-45(12-10-44)32(51)22-8-13-47(2,3)18-26(22)48/h4-7,14-17,22,26,48H,8-13,18,38H2,1-3H3/p+1/t22-,26-/m1/s1. The summed E-state index contributed by atoms with van der Waals surface area (Å²) >= 11 is 6.49. The summed E-state index contributed by atoms with van der Waals surface area (Å²) in [6.07, 6.45) is -1.36. The van der Waals surface area contributed by atoms with Gasteiger partial charge < -0.3 is 35.0 Å². The summed E-state index contributed by atoms with van der Waals surface area (Å²) in [6, 6.07) is 7.25. The van der Waals surface area contributed by atoms with Gasteiger partial charge in [0.05, 0.1) is 66.5 Å². The highest BCUT2D eigenvalue weighted by atomic mass is 35.5. The van der Waals surface area contributed by atoms with Crippen LogP contribution in [0.1, 0.15) is 33.1 Å². The number of piperidine rings is 1. The Morgan fingerprint density at radius 2 is 1.75 bits per heavy atom. The number of hydrogen-bond donors (Lipinski definition) is 3. The number of likely N-dealkylation sites (tertiary alicyclic amines) is 1. The number of imidazole rings is 1. The van der Waals surface area contributed by atoms with Gasteiger partial charge >= 0.3 is 6.18 Å². The van der Waals surface area contributed by atoms with Gasteiger partial charge in [-0.3, -0.25) is 14.4 Å². The molecule has 2 atom stereocenters. The number of halogens is 4. The summed E-state index contributed by atoms with van der Waals surface area (Å²) in [5.74, 6) is -1.71. The van der Waals surface area contributed by atoms with Gasteiger partial charge in [-0.1, -0.05) is 11.6 Å². The van der Waals surface area contributed by atoms with Crippen molar-refractivity contribution >= 4 is 40.7 Å². The largest absolute Gasteiger partial charge is 0.435 e. The molecule has 0 unspecified atom stereocenters. The molecule has 0 aliphatic carbocycles. The van der Waals surface area contributed by atoms with E-state index >= 15 is 0 Å². The number of piperazine rings is 1. The molecule has 4 aromatic rings. The lowest BCUT2D eigenvalue weighted by Crippen LogP contribution is -2.58. The lowest BCUT2D eigenvalue weighted by molar-refractivity contribution is -0.899. The van der Waals surface area contributed by atoms with E-state index in [-0.39, 0.29) is 64.1 Å². The number of nitrogen functional groups attached to an aromatic ring is 1. The molecule has 0 radical (unpaired) electrons. The molecule has 4 N–H and O–H groups in total. The summed E-state index contributed by atoms with van der Waals surface area (Å²) in [4.78, 5) is 51.1. The zero-order valence-corrected chi connectivity index (χ0v) is 28.8. The van der Waals surface area contributed by atoms with Gasteiger partial charge in [0.25, 0.3) is 11.8 Å². The zero-order valence-electron chi connectivity index (χ0n) is 28.1. The highest BCUT2D eigenvalue weighted by molar-refractivity contribution is 6.34. The van der Waals surface area contributed by atoms with Crippen molar-refractivity contribution < 1.29 is 37.1 Å². The number of aliphatic hydroxyl groups excluding tert-OH is 1. The summed E-state index contributed by atoms with van der Waals surface area (Å²) < 4.78 is 44.9. The van der Waals surface area contributed by atoms with Crippen LogP contribution in [-0.4, -0.2) is 121 Å². The minimum Gasteiger partial charge on any atom is -0.397 e. The Bertz CT molecular complexity index is 1970. The SMILES string of the molecule is Cn1c(-c2cn(-c3ccc(N)cn3)nc2C(F)(F)F)cnc1C(=O)Nc1ccc(C(=O)N2CCN(C(=O)[C@@H]3CC[N+](C)(C)C[C@H]3O)CC2)c(Cl)c1. The molecule has 2 saturated heterocycles. The number of anilines is 2. The topological polar surface area (TPSA) is 164 Å². The Kier molecular flexibility index (Phi) is 9.56. The third-order valence-electron chi connectivity index (χ3n) is 9.30. The highest BCUT2D eigenvalue weighted by Gasteiger charge is 2.41. The molecular weight excluding hydrogens is 693 g/mol. The number of carbonyl (C=O) groups excluding carboxylic acids is 3. The van der Waals surface area contributed by atoms with Crippen molar-refractivity contribution in [2.45, 2.75) is 18.7 Å². The number of hydrogen-bond acceptors (Lipinski definition) is 8. The van der Waals surface area contributed by atoms with Gasteiger partial charge in [0.2, 0.25) is 5.91 Å². The van der Waals surface area contributed by atoms with Crippen LogP contribution in [0.15, 0.2) is 48.9 Å². The summed E-state index contributed by atoms with van der Waals surface area (Å²) in [5.41, 5.74) is 4.87. The molecule has 2 aliphatic rings. The van der Waals surface area contributed by atoms with Crippen LogP contribution in [0.5, 0.6) is 0 Å². The molecule has 1 aromatic carbocycles. The highest BCUT2D eigenvalue weighted by Crippen LogP contribution is 2.37. The molecular formula is C33H37ClF3N10O4+. The predicted octanol–water partition coefficient (Wildman–Crippen LogP) is 2.92. The smallest absolute Gasteiger partial charge is 0.397 e. The van der Waals surface area contributed by atoms with E-state index in [2.05, 4.69) is 20.4 Å². The fourth-order valence-corrected chi connectivity index (χ4v) is 6.74. The van der Waals surface area contributed by atoms with E-state index in [1.54, 1.807) is 9.80 Å². The Morgan fingerprint density at radius 1 is 1.04 bits per heavy atom. The summed E-state index contributed by atoms with van der Waals surface area (Å²) in [6.45, 7) is 2.53. The van der Waals surface area contributed by atoms with Crippen molar-refractivity contribution in [1.82, 2.24) is 34.1 Å². The number of quaternary nitrogens is 1. The monoisotopic (exact) mass is 729 g/mol. The van der Waals surface area contributed by atoms with E-state index < -0.39 is 29.8 Å². The normalized spacial score (nSPS) is 19.2. The quantitative estimate of drug-likeness (QED) is 0.255. The summed E-state index contributed by atoms with van der Waals surface area (Å²) in [7, 11) is 5.45. The van der Waals surface area contributed by atoms with E-state index in [9.17, 15) is 32.7 Å². The van der Waals surface area contributed by atoms with Crippen molar-refractivity contribution in [3.8, 4) is 17.1 Å². The van der Waals surface area contributed by atoms with Crippen LogP contribution in [0.2, 0.25) is 5.02 Å². The lowest BCUT2D eigenvalue weighted by Gasteiger charge is -2.42. The lowest BCUT2D eigenvalue weighted by atomic mass is 9.91. The number of nitrogens with zero attached hydrogens (tertiary/aromatic N) is 8. The molecule has 0 bridgehead atoms. The minimum atomic E-state index is -4.82. The Morgan fingerprint density at radius 3 is 2.37 bits per heavy atom. The first kappa shape index (κ1) is 35.8. The van der Waals surface area contributed by atoms with E-state index in [1.165, 1.54) is 48.1 Å². The number of rotatable bonds is 6. The van der Waals surface area contributed by atoms with Gasteiger partial charge in [0.1, 0.15) is 12.6 Å². The van der Waals surface area contributed by atoms with E-state index in [0.717, 1.165) is 23.6 Å². The average Bonchev–Trinajstić information content (AvgIpc) is 3.68. The van der Waals surface area contributed by atoms with Gasteiger partial charge in [-0.15, -0.1) is 0 Å². The van der Waals surface area contributed by atoms with Crippen molar-refractivity contribution in [3.05, 3.63) is 71.0 Å². The van der Waals surface area contributed by atoms with Crippen molar-refractivity contribution in [3.63, 3.8) is 0 Å². The third kappa shape index (κ3) is 7.41. The molecule has 2 fully saturated rings. The van der Waals surface area contributed by atoms with Crippen molar-refractivity contribution in [2.75, 3.05) is 64.4 Å². The number of carbonyl (C=O) groups is 3. The Labute approximate surface area is 295 Å².